The molecule has 1 amide bonds. The predicted molar refractivity (Wildman–Crippen MR) is 91.4 cm³/mol. The smallest absolute Gasteiger partial charge is 0.224 e. The van der Waals surface area contributed by atoms with Crippen LogP contribution in [0.15, 0.2) is 24.3 Å². The number of carbonyl (C=O) groups is 1. The molecule has 0 radical (unpaired) electrons. The van der Waals surface area contributed by atoms with Crippen LogP contribution < -0.4 is 15.4 Å². The molecule has 2 N–H and O–H groups in total. The summed E-state index contributed by atoms with van der Waals surface area (Å²) in [5, 5.41) is 6.67. The van der Waals surface area contributed by atoms with E-state index in [4.69, 9.17) is 4.74 Å². The van der Waals surface area contributed by atoms with Crippen LogP contribution in [0.1, 0.15) is 51.1 Å². The first kappa shape index (κ1) is 16.3. The highest BCUT2D eigenvalue weighted by molar-refractivity contribution is 5.83. The molecule has 1 spiro atoms. The molecular formula is C19H28N2O2. The predicted octanol–water partition coefficient (Wildman–Crippen LogP) is 3.04. The van der Waals surface area contributed by atoms with E-state index in [0.29, 0.717) is 6.61 Å². The third-order valence-electron chi connectivity index (χ3n) is 5.42. The molecule has 2 aliphatic rings. The lowest BCUT2D eigenvalue weighted by atomic mass is 9.91. The standard InChI is InChI=1S/C19H28N2O2/c1-3-16(14-7-5-6-8-17(14)23-4-2)21-18(22)15-13-19(15)9-11-20-12-10-19/h5-8,15-16,20H,3-4,9-13H2,1-2H3,(H,21,22). The molecule has 2 atom stereocenters. The summed E-state index contributed by atoms with van der Waals surface area (Å²) < 4.78 is 5.73. The molecule has 1 aliphatic carbocycles. The van der Waals surface area contributed by atoms with E-state index in [-0.39, 0.29) is 23.3 Å². The zero-order valence-electron chi connectivity index (χ0n) is 14.2. The van der Waals surface area contributed by atoms with Gasteiger partial charge in [-0.3, -0.25) is 4.79 Å². The van der Waals surface area contributed by atoms with Crippen molar-refractivity contribution in [3.8, 4) is 5.75 Å². The highest BCUT2D eigenvalue weighted by Gasteiger charge is 2.57. The van der Waals surface area contributed by atoms with Crippen molar-refractivity contribution >= 4 is 5.91 Å². The molecule has 126 valence electrons. The van der Waals surface area contributed by atoms with E-state index in [9.17, 15) is 4.79 Å². The van der Waals surface area contributed by atoms with Crippen LogP contribution in [0.25, 0.3) is 0 Å². The van der Waals surface area contributed by atoms with Gasteiger partial charge in [-0.2, -0.15) is 0 Å². The lowest BCUT2D eigenvalue weighted by Gasteiger charge is -2.25. The van der Waals surface area contributed by atoms with Gasteiger partial charge >= 0.3 is 0 Å². The largest absolute Gasteiger partial charge is 0.494 e. The second-order valence-corrected chi connectivity index (χ2v) is 6.81. The Hall–Kier alpha value is -1.55. The van der Waals surface area contributed by atoms with Crippen LogP contribution in [0.2, 0.25) is 0 Å². The van der Waals surface area contributed by atoms with Crippen molar-refractivity contribution in [2.75, 3.05) is 19.7 Å². The second kappa shape index (κ2) is 6.91. The van der Waals surface area contributed by atoms with Crippen molar-refractivity contribution < 1.29 is 9.53 Å². The van der Waals surface area contributed by atoms with Gasteiger partial charge in [-0.05, 0) is 57.2 Å². The Kier molecular flexibility index (Phi) is 4.90. The fraction of sp³-hybridized carbons (Fsp3) is 0.632. The average molecular weight is 316 g/mol. The maximum absolute atomic E-state index is 12.7. The number of carbonyl (C=O) groups excluding carboxylic acids is 1. The number of rotatable bonds is 6. The van der Waals surface area contributed by atoms with E-state index in [0.717, 1.165) is 50.1 Å². The third kappa shape index (κ3) is 3.37. The number of benzene rings is 1. The number of para-hydroxylation sites is 1. The van der Waals surface area contributed by atoms with Gasteiger partial charge in [-0.25, -0.2) is 0 Å². The van der Waals surface area contributed by atoms with Crippen molar-refractivity contribution in [1.29, 1.82) is 0 Å². The maximum Gasteiger partial charge on any atom is 0.224 e. The quantitative estimate of drug-likeness (QED) is 0.848. The van der Waals surface area contributed by atoms with Crippen molar-refractivity contribution in [2.45, 2.75) is 45.6 Å². The molecule has 23 heavy (non-hydrogen) atoms. The Labute approximate surface area is 139 Å². The molecular weight excluding hydrogens is 288 g/mol. The number of piperidine rings is 1. The Morgan fingerprint density at radius 1 is 1.35 bits per heavy atom. The topological polar surface area (TPSA) is 50.4 Å². The number of ether oxygens (including phenoxy) is 1. The van der Waals surface area contributed by atoms with Crippen LogP contribution in [0.4, 0.5) is 0 Å². The number of amides is 1. The van der Waals surface area contributed by atoms with Gasteiger partial charge in [0, 0.05) is 11.5 Å². The molecule has 0 aromatic heterocycles. The molecule has 4 nitrogen and oxygen atoms in total. The van der Waals surface area contributed by atoms with Crippen molar-refractivity contribution in [3.63, 3.8) is 0 Å². The average Bonchev–Trinajstić information content (AvgIpc) is 3.27. The fourth-order valence-electron chi connectivity index (χ4n) is 3.92. The van der Waals surface area contributed by atoms with Crippen molar-refractivity contribution in [2.24, 2.45) is 11.3 Å². The molecule has 1 heterocycles. The molecule has 2 fully saturated rings. The van der Waals surface area contributed by atoms with Gasteiger partial charge < -0.3 is 15.4 Å². The van der Waals surface area contributed by atoms with Gasteiger partial charge in [0.25, 0.3) is 0 Å². The molecule has 1 saturated carbocycles. The van der Waals surface area contributed by atoms with E-state index in [2.05, 4.69) is 23.6 Å². The number of hydrogen-bond donors (Lipinski definition) is 2. The van der Waals surface area contributed by atoms with Crippen LogP contribution in [0.5, 0.6) is 5.75 Å². The summed E-state index contributed by atoms with van der Waals surface area (Å²) in [6, 6.07) is 8.07. The first-order valence-electron chi connectivity index (χ1n) is 8.93. The molecule has 1 aromatic rings. The van der Waals surface area contributed by atoms with Gasteiger partial charge in [0.15, 0.2) is 0 Å². The summed E-state index contributed by atoms with van der Waals surface area (Å²) >= 11 is 0. The summed E-state index contributed by atoms with van der Waals surface area (Å²) in [6.07, 6.45) is 4.20. The minimum atomic E-state index is 0.0321. The molecule has 2 unspecified atom stereocenters. The molecule has 1 saturated heterocycles. The summed E-state index contributed by atoms with van der Waals surface area (Å²) in [5.41, 5.74) is 1.37. The Balaban J connectivity index is 1.67. The summed E-state index contributed by atoms with van der Waals surface area (Å²) in [6.45, 7) is 6.84. The molecule has 1 aliphatic heterocycles. The molecule has 3 rings (SSSR count). The normalized spacial score (nSPS) is 23.3. The maximum atomic E-state index is 12.7. The zero-order chi connectivity index (χ0) is 16.3. The molecule has 0 bridgehead atoms. The van der Waals surface area contributed by atoms with Gasteiger partial charge in [0.2, 0.25) is 5.91 Å². The monoisotopic (exact) mass is 316 g/mol. The van der Waals surface area contributed by atoms with Gasteiger partial charge in [0.1, 0.15) is 5.75 Å². The van der Waals surface area contributed by atoms with Gasteiger partial charge in [0.05, 0.1) is 12.6 Å². The lowest BCUT2D eigenvalue weighted by molar-refractivity contribution is -0.124. The Morgan fingerprint density at radius 2 is 2.09 bits per heavy atom. The minimum Gasteiger partial charge on any atom is -0.494 e. The van der Waals surface area contributed by atoms with Gasteiger partial charge in [-0.15, -0.1) is 0 Å². The van der Waals surface area contributed by atoms with E-state index in [1.54, 1.807) is 0 Å². The Morgan fingerprint density at radius 3 is 2.78 bits per heavy atom. The van der Waals surface area contributed by atoms with E-state index in [1.165, 1.54) is 0 Å². The second-order valence-electron chi connectivity index (χ2n) is 6.81. The van der Waals surface area contributed by atoms with Crippen LogP contribution in [0.3, 0.4) is 0 Å². The number of nitrogens with one attached hydrogen (secondary N) is 2. The van der Waals surface area contributed by atoms with Crippen molar-refractivity contribution in [1.82, 2.24) is 10.6 Å². The van der Waals surface area contributed by atoms with E-state index in [1.807, 2.05) is 25.1 Å². The van der Waals surface area contributed by atoms with Gasteiger partial charge in [-0.1, -0.05) is 25.1 Å². The summed E-state index contributed by atoms with van der Waals surface area (Å²) in [4.78, 5) is 12.7. The molecule has 1 aromatic carbocycles. The number of hydrogen-bond acceptors (Lipinski definition) is 3. The van der Waals surface area contributed by atoms with E-state index < -0.39 is 0 Å². The fourth-order valence-corrected chi connectivity index (χ4v) is 3.92. The zero-order valence-corrected chi connectivity index (χ0v) is 14.2. The Bertz CT molecular complexity index is 552. The highest BCUT2D eigenvalue weighted by Crippen LogP contribution is 2.58. The first-order valence-corrected chi connectivity index (χ1v) is 8.93. The minimum absolute atomic E-state index is 0.0321. The first-order chi connectivity index (χ1) is 11.2. The van der Waals surface area contributed by atoms with Crippen LogP contribution in [-0.2, 0) is 4.79 Å². The third-order valence-corrected chi connectivity index (χ3v) is 5.42. The lowest BCUT2D eigenvalue weighted by Crippen LogP contribution is -2.35. The van der Waals surface area contributed by atoms with Crippen LogP contribution in [0, 0.1) is 11.3 Å². The molecule has 4 heteroatoms. The summed E-state index contributed by atoms with van der Waals surface area (Å²) in [5.74, 6) is 1.32. The van der Waals surface area contributed by atoms with Crippen LogP contribution >= 0.6 is 0 Å². The van der Waals surface area contributed by atoms with Crippen molar-refractivity contribution in [3.05, 3.63) is 29.8 Å². The summed E-state index contributed by atoms with van der Waals surface area (Å²) in [7, 11) is 0. The SMILES string of the molecule is CCOc1ccccc1C(CC)NC(=O)C1CC12CCNCC2. The highest BCUT2D eigenvalue weighted by atomic mass is 16.5. The van der Waals surface area contributed by atoms with E-state index >= 15 is 0 Å². The van der Waals surface area contributed by atoms with Crippen LogP contribution in [-0.4, -0.2) is 25.6 Å².